The van der Waals surface area contributed by atoms with Crippen LogP contribution in [-0.4, -0.2) is 16.1 Å². The fraction of sp³-hybridized carbons (Fsp3) is 0.333. The lowest BCUT2D eigenvalue weighted by molar-refractivity contribution is 0.520. The molecule has 0 radical (unpaired) electrons. The maximum atomic E-state index is 13.2. The Labute approximate surface area is 148 Å². The highest BCUT2D eigenvalue weighted by Gasteiger charge is 2.18. The Morgan fingerprint density at radius 2 is 1.84 bits per heavy atom. The first-order chi connectivity index (χ1) is 12.1. The van der Waals surface area contributed by atoms with E-state index in [-0.39, 0.29) is 11.6 Å². The van der Waals surface area contributed by atoms with Crippen LogP contribution >= 0.6 is 0 Å². The number of hydrogen-bond acceptors (Lipinski definition) is 3. The van der Waals surface area contributed by atoms with Crippen molar-refractivity contribution in [2.75, 3.05) is 6.54 Å². The molecule has 0 saturated carbocycles. The minimum atomic E-state index is -0.0148. The van der Waals surface area contributed by atoms with Gasteiger partial charge >= 0.3 is 0 Å². The van der Waals surface area contributed by atoms with E-state index in [1.165, 1.54) is 0 Å². The number of nitrogens with one attached hydrogen (secondary N) is 1. The number of rotatable bonds is 6. The van der Waals surface area contributed by atoms with E-state index in [2.05, 4.69) is 19.2 Å². The van der Waals surface area contributed by atoms with E-state index in [9.17, 15) is 4.79 Å². The predicted octanol–water partition coefficient (Wildman–Crippen LogP) is 4.14. The average Bonchev–Trinajstić information content (AvgIpc) is 2.63. The van der Waals surface area contributed by atoms with Gasteiger partial charge in [-0.15, -0.1) is 0 Å². The minimum Gasteiger partial charge on any atom is -0.308 e. The molecule has 0 aliphatic rings. The Kier molecular flexibility index (Phi) is 5.29. The van der Waals surface area contributed by atoms with Crippen LogP contribution in [0.25, 0.3) is 16.6 Å². The molecule has 0 bridgehead atoms. The summed E-state index contributed by atoms with van der Waals surface area (Å²) in [4.78, 5) is 18.1. The molecule has 1 atom stereocenters. The zero-order chi connectivity index (χ0) is 17.8. The zero-order valence-electron chi connectivity index (χ0n) is 15.1. The van der Waals surface area contributed by atoms with Crippen molar-refractivity contribution < 1.29 is 0 Å². The third-order valence-corrected chi connectivity index (χ3v) is 4.53. The number of aromatic nitrogens is 2. The highest BCUT2D eigenvalue weighted by atomic mass is 16.1. The molecule has 1 heterocycles. The van der Waals surface area contributed by atoms with E-state index >= 15 is 0 Å². The van der Waals surface area contributed by atoms with Crippen molar-refractivity contribution >= 4 is 10.9 Å². The molecule has 0 aliphatic heterocycles. The number of para-hydroxylation sites is 2. The van der Waals surface area contributed by atoms with Gasteiger partial charge in [0.25, 0.3) is 5.56 Å². The second kappa shape index (κ2) is 7.62. The van der Waals surface area contributed by atoms with Gasteiger partial charge in [-0.1, -0.05) is 43.7 Å². The van der Waals surface area contributed by atoms with Crippen LogP contribution in [0.3, 0.4) is 0 Å². The van der Waals surface area contributed by atoms with Crippen molar-refractivity contribution in [2.24, 2.45) is 0 Å². The Morgan fingerprint density at radius 3 is 2.60 bits per heavy atom. The predicted molar refractivity (Wildman–Crippen MR) is 103 cm³/mol. The van der Waals surface area contributed by atoms with Crippen molar-refractivity contribution in [3.63, 3.8) is 0 Å². The lowest BCUT2D eigenvalue weighted by atomic mass is 10.1. The first-order valence-corrected chi connectivity index (χ1v) is 8.94. The van der Waals surface area contributed by atoms with Gasteiger partial charge in [0.1, 0.15) is 5.82 Å². The van der Waals surface area contributed by atoms with Gasteiger partial charge in [-0.2, -0.15) is 0 Å². The maximum absolute atomic E-state index is 13.2. The number of nitrogens with zero attached hydrogens (tertiary/aromatic N) is 2. The summed E-state index contributed by atoms with van der Waals surface area (Å²) in [6.07, 6.45) is 2.24. The molecule has 1 N–H and O–H groups in total. The van der Waals surface area contributed by atoms with Crippen molar-refractivity contribution in [3.8, 4) is 5.69 Å². The van der Waals surface area contributed by atoms with Gasteiger partial charge in [-0.3, -0.25) is 9.36 Å². The van der Waals surface area contributed by atoms with E-state index < -0.39 is 0 Å². The van der Waals surface area contributed by atoms with Gasteiger partial charge in [0.2, 0.25) is 0 Å². The van der Waals surface area contributed by atoms with Crippen molar-refractivity contribution in [3.05, 3.63) is 70.3 Å². The summed E-state index contributed by atoms with van der Waals surface area (Å²) in [6, 6.07) is 15.5. The summed E-state index contributed by atoms with van der Waals surface area (Å²) < 4.78 is 1.77. The van der Waals surface area contributed by atoms with E-state index in [1.54, 1.807) is 4.57 Å². The molecule has 0 aliphatic carbocycles. The Bertz CT molecular complexity index is 930. The molecule has 0 saturated heterocycles. The Balaban J connectivity index is 2.21. The molecule has 3 rings (SSSR count). The smallest absolute Gasteiger partial charge is 0.266 e. The molecule has 25 heavy (non-hydrogen) atoms. The standard InChI is InChI=1S/C21H25N3O/c1-4-5-14-22-16(3)20-23-18-12-8-7-11-17(18)21(25)24(20)19-13-9-6-10-15(19)2/h6-13,16,22H,4-5,14H2,1-3H3. The van der Waals surface area contributed by atoms with Gasteiger partial charge in [-0.25, -0.2) is 4.98 Å². The lowest BCUT2D eigenvalue weighted by Gasteiger charge is -2.20. The fourth-order valence-electron chi connectivity index (χ4n) is 3.07. The minimum absolute atomic E-state index is 0.0107. The van der Waals surface area contributed by atoms with Gasteiger partial charge in [0, 0.05) is 0 Å². The average molecular weight is 335 g/mol. The molecule has 2 aromatic carbocycles. The number of hydrogen-bond donors (Lipinski definition) is 1. The molecule has 1 unspecified atom stereocenters. The van der Waals surface area contributed by atoms with Crippen molar-refractivity contribution in [1.29, 1.82) is 0 Å². The van der Waals surface area contributed by atoms with Gasteiger partial charge < -0.3 is 5.32 Å². The first-order valence-electron chi connectivity index (χ1n) is 8.94. The molecule has 0 spiro atoms. The Morgan fingerprint density at radius 1 is 1.12 bits per heavy atom. The number of unbranched alkanes of at least 4 members (excludes halogenated alkanes) is 1. The number of aryl methyl sites for hydroxylation is 1. The van der Waals surface area contributed by atoms with Crippen LogP contribution < -0.4 is 10.9 Å². The molecule has 3 aromatic rings. The van der Waals surface area contributed by atoms with E-state index in [4.69, 9.17) is 4.98 Å². The molecular weight excluding hydrogens is 310 g/mol. The second-order valence-corrected chi connectivity index (χ2v) is 6.44. The summed E-state index contributed by atoms with van der Waals surface area (Å²) >= 11 is 0. The van der Waals surface area contributed by atoms with E-state index in [0.29, 0.717) is 5.39 Å². The lowest BCUT2D eigenvalue weighted by Crippen LogP contribution is -2.31. The Hall–Kier alpha value is -2.46. The van der Waals surface area contributed by atoms with E-state index in [1.807, 2.05) is 55.5 Å². The number of fused-ring (bicyclic) bond motifs is 1. The van der Waals surface area contributed by atoms with Gasteiger partial charge in [-0.05, 0) is 50.6 Å². The largest absolute Gasteiger partial charge is 0.308 e. The van der Waals surface area contributed by atoms with Crippen LogP contribution in [0.15, 0.2) is 53.3 Å². The van der Waals surface area contributed by atoms with Crippen LogP contribution in [0.5, 0.6) is 0 Å². The first kappa shape index (κ1) is 17.4. The fourth-order valence-corrected chi connectivity index (χ4v) is 3.07. The molecule has 0 amide bonds. The summed E-state index contributed by atoms with van der Waals surface area (Å²) in [7, 11) is 0. The molecule has 130 valence electrons. The summed E-state index contributed by atoms with van der Waals surface area (Å²) in [5.74, 6) is 0.758. The highest BCUT2D eigenvalue weighted by Crippen LogP contribution is 2.20. The maximum Gasteiger partial charge on any atom is 0.266 e. The zero-order valence-corrected chi connectivity index (χ0v) is 15.1. The highest BCUT2D eigenvalue weighted by molar-refractivity contribution is 5.78. The van der Waals surface area contributed by atoms with Crippen LogP contribution in [-0.2, 0) is 0 Å². The molecule has 4 nitrogen and oxygen atoms in total. The number of benzene rings is 2. The van der Waals surface area contributed by atoms with Crippen molar-refractivity contribution in [1.82, 2.24) is 14.9 Å². The molecular formula is C21H25N3O. The molecule has 4 heteroatoms. The quantitative estimate of drug-likeness (QED) is 0.689. The monoisotopic (exact) mass is 335 g/mol. The van der Waals surface area contributed by atoms with Gasteiger partial charge in [0.05, 0.1) is 22.6 Å². The van der Waals surface area contributed by atoms with Crippen molar-refractivity contribution in [2.45, 2.75) is 39.7 Å². The third kappa shape index (κ3) is 3.49. The van der Waals surface area contributed by atoms with Crippen LogP contribution in [0, 0.1) is 6.92 Å². The van der Waals surface area contributed by atoms with Crippen LogP contribution in [0.1, 0.15) is 44.1 Å². The SMILES string of the molecule is CCCCNC(C)c1nc2ccccc2c(=O)n1-c1ccccc1C. The van der Waals surface area contributed by atoms with Crippen LogP contribution in [0.2, 0.25) is 0 Å². The van der Waals surface area contributed by atoms with Gasteiger partial charge in [0.15, 0.2) is 0 Å². The summed E-state index contributed by atoms with van der Waals surface area (Å²) in [5.41, 5.74) is 2.68. The topological polar surface area (TPSA) is 46.9 Å². The third-order valence-electron chi connectivity index (χ3n) is 4.53. The summed E-state index contributed by atoms with van der Waals surface area (Å²) in [5, 5.41) is 4.15. The normalized spacial score (nSPS) is 12.4. The van der Waals surface area contributed by atoms with Crippen LogP contribution in [0.4, 0.5) is 0 Å². The second-order valence-electron chi connectivity index (χ2n) is 6.44. The van der Waals surface area contributed by atoms with E-state index in [0.717, 1.165) is 42.0 Å². The molecule has 0 fully saturated rings. The molecule has 1 aromatic heterocycles. The summed E-state index contributed by atoms with van der Waals surface area (Å²) in [6.45, 7) is 7.18.